The van der Waals surface area contributed by atoms with Crippen LogP contribution in [0.25, 0.3) is 0 Å². The van der Waals surface area contributed by atoms with Gasteiger partial charge in [-0.2, -0.15) is 4.39 Å². The van der Waals surface area contributed by atoms with Crippen LogP contribution in [0.5, 0.6) is 0 Å². The SMILES string of the molecule is CC(C)=CCNS(=O)(=O)c1cc(C)c(F)c([N+](=O)[O-])c1. The molecule has 1 aromatic carbocycles. The van der Waals surface area contributed by atoms with Gasteiger partial charge in [0.25, 0.3) is 0 Å². The Bertz CT molecular complexity index is 664. The molecule has 1 aromatic rings. The van der Waals surface area contributed by atoms with Gasteiger partial charge in [0.1, 0.15) is 0 Å². The van der Waals surface area contributed by atoms with Gasteiger partial charge in [-0.25, -0.2) is 13.1 Å². The minimum atomic E-state index is -3.92. The zero-order valence-corrected chi connectivity index (χ0v) is 12.1. The van der Waals surface area contributed by atoms with Crippen molar-refractivity contribution in [3.63, 3.8) is 0 Å². The van der Waals surface area contributed by atoms with Crippen LogP contribution in [0.15, 0.2) is 28.7 Å². The number of rotatable bonds is 5. The van der Waals surface area contributed by atoms with E-state index in [0.717, 1.165) is 11.6 Å². The molecule has 0 saturated carbocycles. The third kappa shape index (κ3) is 3.84. The van der Waals surface area contributed by atoms with Crippen LogP contribution in [-0.2, 0) is 10.0 Å². The Morgan fingerprint density at radius 2 is 2.05 bits per heavy atom. The van der Waals surface area contributed by atoms with Gasteiger partial charge in [-0.3, -0.25) is 10.1 Å². The van der Waals surface area contributed by atoms with Crippen molar-refractivity contribution in [2.75, 3.05) is 6.54 Å². The molecule has 6 nitrogen and oxygen atoms in total. The first-order chi connectivity index (χ1) is 9.15. The number of aryl methyl sites for hydroxylation is 1. The van der Waals surface area contributed by atoms with Crippen LogP contribution in [0.4, 0.5) is 10.1 Å². The van der Waals surface area contributed by atoms with Crippen molar-refractivity contribution in [1.82, 2.24) is 4.72 Å². The minimum absolute atomic E-state index is 0.0644. The molecule has 0 aliphatic rings. The molecule has 0 aliphatic heterocycles. The quantitative estimate of drug-likeness (QED) is 0.513. The lowest BCUT2D eigenvalue weighted by atomic mass is 10.2. The first kappa shape index (κ1) is 16.3. The van der Waals surface area contributed by atoms with Gasteiger partial charge in [-0.05, 0) is 32.4 Å². The Balaban J connectivity index is 3.19. The van der Waals surface area contributed by atoms with E-state index in [-0.39, 0.29) is 17.0 Å². The van der Waals surface area contributed by atoms with Gasteiger partial charge in [0.05, 0.1) is 9.82 Å². The Kier molecular flexibility index (Phi) is 4.96. The fourth-order valence-corrected chi connectivity index (χ4v) is 2.51. The van der Waals surface area contributed by atoms with Crippen molar-refractivity contribution in [2.24, 2.45) is 0 Å². The molecule has 20 heavy (non-hydrogen) atoms. The Morgan fingerprint density at radius 1 is 1.45 bits per heavy atom. The molecule has 0 atom stereocenters. The van der Waals surface area contributed by atoms with Gasteiger partial charge in [0, 0.05) is 12.6 Å². The molecule has 0 spiro atoms. The van der Waals surface area contributed by atoms with Crippen molar-refractivity contribution in [2.45, 2.75) is 25.7 Å². The van der Waals surface area contributed by atoms with Gasteiger partial charge in [-0.1, -0.05) is 11.6 Å². The second-order valence-corrected chi connectivity index (χ2v) is 6.23. The average Bonchev–Trinajstić information content (AvgIpc) is 2.31. The van der Waals surface area contributed by atoms with Crippen molar-refractivity contribution in [3.05, 3.63) is 45.3 Å². The summed E-state index contributed by atoms with van der Waals surface area (Å²) in [6, 6.07) is 1.78. The van der Waals surface area contributed by atoms with E-state index >= 15 is 0 Å². The molecule has 0 radical (unpaired) electrons. The number of nitrogens with one attached hydrogen (secondary N) is 1. The molecule has 0 aliphatic carbocycles. The highest BCUT2D eigenvalue weighted by Gasteiger charge is 2.23. The summed E-state index contributed by atoms with van der Waals surface area (Å²) in [4.78, 5) is 9.42. The van der Waals surface area contributed by atoms with E-state index in [1.165, 1.54) is 6.92 Å². The summed E-state index contributed by atoms with van der Waals surface area (Å²) in [6.07, 6.45) is 1.66. The molecule has 0 fully saturated rings. The number of halogens is 1. The second kappa shape index (κ2) is 6.10. The standard InChI is InChI=1S/C12H15FN2O4S/c1-8(2)4-5-14-20(18,19)10-6-9(3)12(13)11(7-10)15(16)17/h4,6-7,14H,5H2,1-3H3. The minimum Gasteiger partial charge on any atom is -0.258 e. The molecule has 0 saturated heterocycles. The number of hydrogen-bond donors (Lipinski definition) is 1. The number of hydrogen-bond acceptors (Lipinski definition) is 4. The predicted octanol–water partition coefficient (Wildman–Crippen LogP) is 2.29. The fraction of sp³-hybridized carbons (Fsp3) is 0.333. The van der Waals surface area contributed by atoms with E-state index in [1.54, 1.807) is 19.9 Å². The van der Waals surface area contributed by atoms with Crippen molar-refractivity contribution >= 4 is 15.7 Å². The summed E-state index contributed by atoms with van der Waals surface area (Å²) >= 11 is 0. The van der Waals surface area contributed by atoms with E-state index in [1.807, 2.05) is 0 Å². The molecular weight excluding hydrogens is 287 g/mol. The lowest BCUT2D eigenvalue weighted by Gasteiger charge is -2.07. The molecule has 0 amide bonds. The normalized spacial score (nSPS) is 11.2. The van der Waals surface area contributed by atoms with Crippen LogP contribution in [0, 0.1) is 22.9 Å². The number of allylic oxidation sites excluding steroid dienone is 1. The van der Waals surface area contributed by atoms with Gasteiger partial charge in [-0.15, -0.1) is 0 Å². The maximum absolute atomic E-state index is 13.5. The zero-order valence-electron chi connectivity index (χ0n) is 11.3. The molecule has 0 heterocycles. The maximum atomic E-state index is 13.5. The van der Waals surface area contributed by atoms with Crippen LogP contribution < -0.4 is 4.72 Å². The van der Waals surface area contributed by atoms with Crippen LogP contribution in [0.1, 0.15) is 19.4 Å². The molecule has 0 aromatic heterocycles. The van der Waals surface area contributed by atoms with E-state index < -0.39 is 26.5 Å². The van der Waals surface area contributed by atoms with Crippen LogP contribution in [-0.4, -0.2) is 19.9 Å². The first-order valence-corrected chi connectivity index (χ1v) is 7.21. The number of nitro benzene ring substituents is 1. The van der Waals surface area contributed by atoms with Gasteiger partial charge in [0.2, 0.25) is 15.8 Å². The van der Waals surface area contributed by atoms with Gasteiger partial charge in [0.15, 0.2) is 0 Å². The van der Waals surface area contributed by atoms with E-state index in [9.17, 15) is 22.9 Å². The molecular formula is C12H15FN2O4S. The maximum Gasteiger partial charge on any atom is 0.306 e. The number of sulfonamides is 1. The number of nitro groups is 1. The summed E-state index contributed by atoms with van der Waals surface area (Å²) < 4.78 is 39.7. The lowest BCUT2D eigenvalue weighted by molar-refractivity contribution is -0.387. The highest BCUT2D eigenvalue weighted by atomic mass is 32.2. The fourth-order valence-electron chi connectivity index (χ4n) is 1.45. The zero-order chi connectivity index (χ0) is 15.5. The Labute approximate surface area is 116 Å². The third-order valence-electron chi connectivity index (χ3n) is 2.50. The largest absolute Gasteiger partial charge is 0.306 e. The lowest BCUT2D eigenvalue weighted by Crippen LogP contribution is -2.24. The van der Waals surface area contributed by atoms with Gasteiger partial charge >= 0.3 is 5.69 Å². The highest BCUT2D eigenvalue weighted by molar-refractivity contribution is 7.89. The number of benzene rings is 1. The second-order valence-electron chi connectivity index (χ2n) is 4.46. The Hall–Kier alpha value is -1.80. The first-order valence-electron chi connectivity index (χ1n) is 5.72. The predicted molar refractivity (Wildman–Crippen MR) is 72.4 cm³/mol. The van der Waals surface area contributed by atoms with E-state index in [4.69, 9.17) is 0 Å². The van der Waals surface area contributed by atoms with Crippen molar-refractivity contribution in [3.8, 4) is 0 Å². The van der Waals surface area contributed by atoms with E-state index in [0.29, 0.717) is 6.07 Å². The monoisotopic (exact) mass is 302 g/mol. The molecule has 110 valence electrons. The summed E-state index contributed by atoms with van der Waals surface area (Å²) in [7, 11) is -3.92. The topological polar surface area (TPSA) is 89.3 Å². The molecule has 1 N–H and O–H groups in total. The molecule has 0 unspecified atom stereocenters. The van der Waals surface area contributed by atoms with Crippen LogP contribution >= 0.6 is 0 Å². The number of nitrogens with zero attached hydrogens (tertiary/aromatic N) is 1. The van der Waals surface area contributed by atoms with Gasteiger partial charge < -0.3 is 0 Å². The smallest absolute Gasteiger partial charge is 0.258 e. The van der Waals surface area contributed by atoms with Crippen molar-refractivity contribution < 1.29 is 17.7 Å². The summed E-state index contributed by atoms with van der Waals surface area (Å²) in [5.41, 5.74) is -0.0247. The van der Waals surface area contributed by atoms with E-state index in [2.05, 4.69) is 4.72 Å². The Morgan fingerprint density at radius 3 is 2.55 bits per heavy atom. The van der Waals surface area contributed by atoms with Crippen LogP contribution in [0.2, 0.25) is 0 Å². The highest BCUT2D eigenvalue weighted by Crippen LogP contribution is 2.24. The summed E-state index contributed by atoms with van der Waals surface area (Å²) in [5.74, 6) is -1.03. The van der Waals surface area contributed by atoms with Crippen LogP contribution in [0.3, 0.4) is 0 Å². The van der Waals surface area contributed by atoms with Crippen molar-refractivity contribution in [1.29, 1.82) is 0 Å². The molecule has 0 bridgehead atoms. The third-order valence-corrected chi connectivity index (χ3v) is 3.90. The summed E-state index contributed by atoms with van der Waals surface area (Å²) in [5, 5.41) is 10.7. The molecule has 8 heteroatoms. The summed E-state index contributed by atoms with van der Waals surface area (Å²) in [6.45, 7) is 4.95. The average molecular weight is 302 g/mol. The molecule has 1 rings (SSSR count).